The van der Waals surface area contributed by atoms with Crippen molar-refractivity contribution in [2.75, 3.05) is 13.2 Å². The zero-order valence-electron chi connectivity index (χ0n) is 9.91. The molecule has 0 heterocycles. The van der Waals surface area contributed by atoms with Gasteiger partial charge in [0.25, 0.3) is 0 Å². The lowest BCUT2D eigenvalue weighted by Gasteiger charge is -2.21. The largest absolute Gasteiger partial charge is 0.464 e. The minimum atomic E-state index is -1.80. The molecule has 0 aliphatic heterocycles. The van der Waals surface area contributed by atoms with Gasteiger partial charge in [-0.3, -0.25) is 0 Å². The van der Waals surface area contributed by atoms with Crippen molar-refractivity contribution in [2.24, 2.45) is 5.41 Å². The van der Waals surface area contributed by atoms with Crippen molar-refractivity contribution in [2.45, 2.75) is 33.6 Å². The highest BCUT2D eigenvalue weighted by molar-refractivity contribution is 6.03. The van der Waals surface area contributed by atoms with E-state index in [2.05, 4.69) is 0 Å². The molecule has 0 radical (unpaired) electrons. The number of rotatable bonds is 6. The van der Waals surface area contributed by atoms with Crippen molar-refractivity contribution in [3.8, 4) is 6.07 Å². The molecule has 0 aliphatic rings. The number of hydrogen-bond donors (Lipinski definition) is 0. The summed E-state index contributed by atoms with van der Waals surface area (Å²) in [5.41, 5.74) is -1.80. The van der Waals surface area contributed by atoms with Gasteiger partial charge >= 0.3 is 11.9 Å². The van der Waals surface area contributed by atoms with Crippen molar-refractivity contribution < 1.29 is 19.1 Å². The topological polar surface area (TPSA) is 76.4 Å². The van der Waals surface area contributed by atoms with Gasteiger partial charge in [0, 0.05) is 0 Å². The third kappa shape index (κ3) is 2.96. The number of carbonyl (C=O) groups is 2. The van der Waals surface area contributed by atoms with Crippen LogP contribution in [0.3, 0.4) is 0 Å². The molecule has 5 heteroatoms. The second-order valence-corrected chi connectivity index (χ2v) is 3.21. The Morgan fingerprint density at radius 2 is 1.56 bits per heavy atom. The average Bonchev–Trinajstić information content (AvgIpc) is 2.26. The summed E-state index contributed by atoms with van der Waals surface area (Å²) in [5, 5.41) is 9.05. The Morgan fingerprint density at radius 1 is 1.12 bits per heavy atom. The summed E-state index contributed by atoms with van der Waals surface area (Å²) in [6.45, 7) is 5.29. The molecule has 0 bridgehead atoms. The molecule has 0 rings (SSSR count). The lowest BCUT2D eigenvalue weighted by Crippen LogP contribution is -2.40. The van der Waals surface area contributed by atoms with E-state index in [1.807, 2.05) is 0 Å². The monoisotopic (exact) mass is 227 g/mol. The van der Waals surface area contributed by atoms with Gasteiger partial charge in [-0.2, -0.15) is 5.26 Å². The van der Waals surface area contributed by atoms with Crippen molar-refractivity contribution in [1.29, 1.82) is 5.26 Å². The smallest absolute Gasteiger partial charge is 0.338 e. The van der Waals surface area contributed by atoms with E-state index in [1.54, 1.807) is 26.8 Å². The van der Waals surface area contributed by atoms with Gasteiger partial charge in [-0.15, -0.1) is 0 Å². The number of esters is 2. The molecule has 16 heavy (non-hydrogen) atoms. The van der Waals surface area contributed by atoms with Crippen molar-refractivity contribution in [3.63, 3.8) is 0 Å². The summed E-state index contributed by atoms with van der Waals surface area (Å²) in [6, 6.07) is 1.74. The summed E-state index contributed by atoms with van der Waals surface area (Å²) < 4.78 is 9.51. The first-order valence-electron chi connectivity index (χ1n) is 5.34. The van der Waals surface area contributed by atoms with E-state index < -0.39 is 17.4 Å². The molecule has 0 amide bonds. The van der Waals surface area contributed by atoms with E-state index in [0.29, 0.717) is 6.42 Å². The van der Waals surface area contributed by atoms with Gasteiger partial charge < -0.3 is 9.47 Å². The van der Waals surface area contributed by atoms with Crippen LogP contribution in [0.2, 0.25) is 0 Å². The third-order valence-corrected chi connectivity index (χ3v) is 2.06. The summed E-state index contributed by atoms with van der Waals surface area (Å²) in [4.78, 5) is 23.3. The van der Waals surface area contributed by atoms with E-state index in [4.69, 9.17) is 14.7 Å². The first kappa shape index (κ1) is 14.4. The Morgan fingerprint density at radius 3 is 1.81 bits per heavy atom. The highest BCUT2D eigenvalue weighted by Crippen LogP contribution is 2.27. The SMILES string of the molecule is CCCC(C#N)(C(=O)OCC)C(=O)OCC. The molecule has 0 aliphatic carbocycles. The van der Waals surface area contributed by atoms with Crippen LogP contribution in [-0.2, 0) is 19.1 Å². The van der Waals surface area contributed by atoms with Gasteiger partial charge in [-0.25, -0.2) is 9.59 Å². The van der Waals surface area contributed by atoms with Crippen LogP contribution >= 0.6 is 0 Å². The van der Waals surface area contributed by atoms with E-state index in [0.717, 1.165) is 0 Å². The van der Waals surface area contributed by atoms with E-state index in [-0.39, 0.29) is 19.6 Å². The zero-order chi connectivity index (χ0) is 12.6. The van der Waals surface area contributed by atoms with Crippen LogP contribution in [0.1, 0.15) is 33.6 Å². The van der Waals surface area contributed by atoms with Gasteiger partial charge in [0.2, 0.25) is 5.41 Å². The molecule has 0 saturated carbocycles. The Kier molecular flexibility index (Phi) is 6.16. The standard InChI is InChI=1S/C11H17NO4/c1-4-7-11(8-12,9(13)15-5-2)10(14)16-6-3/h4-7H2,1-3H3. The van der Waals surface area contributed by atoms with Crippen LogP contribution in [0.4, 0.5) is 0 Å². The molecule has 0 fully saturated rings. The summed E-state index contributed by atoms with van der Waals surface area (Å²) >= 11 is 0. The zero-order valence-corrected chi connectivity index (χ0v) is 9.91. The molecular formula is C11H17NO4. The van der Waals surface area contributed by atoms with Gasteiger partial charge in [0.15, 0.2) is 0 Å². The van der Waals surface area contributed by atoms with Crippen molar-refractivity contribution in [3.05, 3.63) is 0 Å². The van der Waals surface area contributed by atoms with Crippen LogP contribution < -0.4 is 0 Å². The fourth-order valence-corrected chi connectivity index (χ4v) is 1.32. The minimum absolute atomic E-state index is 0.112. The Hall–Kier alpha value is -1.57. The lowest BCUT2D eigenvalue weighted by molar-refractivity contribution is -0.167. The van der Waals surface area contributed by atoms with Gasteiger partial charge in [0.1, 0.15) is 0 Å². The van der Waals surface area contributed by atoms with Gasteiger partial charge in [-0.1, -0.05) is 13.3 Å². The third-order valence-electron chi connectivity index (χ3n) is 2.06. The van der Waals surface area contributed by atoms with Crippen LogP contribution in [0.25, 0.3) is 0 Å². The fourth-order valence-electron chi connectivity index (χ4n) is 1.32. The minimum Gasteiger partial charge on any atom is -0.464 e. The second kappa shape index (κ2) is 6.83. The Labute approximate surface area is 95.3 Å². The quantitative estimate of drug-likeness (QED) is 0.506. The summed E-state index contributed by atoms with van der Waals surface area (Å²) in [6.07, 6.45) is 0.631. The normalized spacial score (nSPS) is 10.4. The molecule has 0 saturated heterocycles. The van der Waals surface area contributed by atoms with E-state index >= 15 is 0 Å². The van der Waals surface area contributed by atoms with Crippen LogP contribution in [0, 0.1) is 16.7 Å². The predicted octanol–water partition coefficient (Wildman–Crippen LogP) is 1.42. The highest BCUT2D eigenvalue weighted by Gasteiger charge is 2.48. The molecule has 0 N–H and O–H groups in total. The van der Waals surface area contributed by atoms with Crippen LogP contribution in [-0.4, -0.2) is 25.2 Å². The molecular weight excluding hydrogens is 210 g/mol. The number of nitrogens with zero attached hydrogens (tertiary/aromatic N) is 1. The maximum absolute atomic E-state index is 11.7. The average molecular weight is 227 g/mol. The number of hydrogen-bond acceptors (Lipinski definition) is 5. The first-order valence-corrected chi connectivity index (χ1v) is 5.34. The first-order chi connectivity index (χ1) is 7.58. The van der Waals surface area contributed by atoms with Gasteiger partial charge in [-0.05, 0) is 20.3 Å². The Bertz CT molecular complexity index is 275. The molecule has 90 valence electrons. The predicted molar refractivity (Wildman–Crippen MR) is 56.2 cm³/mol. The summed E-state index contributed by atoms with van der Waals surface area (Å²) in [5.74, 6) is -1.64. The maximum atomic E-state index is 11.7. The van der Waals surface area contributed by atoms with Crippen LogP contribution in [0.15, 0.2) is 0 Å². The molecule has 0 aromatic heterocycles. The number of carbonyl (C=O) groups excluding carboxylic acids is 2. The fraction of sp³-hybridized carbons (Fsp3) is 0.727. The van der Waals surface area contributed by atoms with E-state index in [9.17, 15) is 9.59 Å². The van der Waals surface area contributed by atoms with E-state index in [1.165, 1.54) is 0 Å². The van der Waals surface area contributed by atoms with Crippen molar-refractivity contribution in [1.82, 2.24) is 0 Å². The molecule has 0 aromatic rings. The highest BCUT2D eigenvalue weighted by atomic mass is 16.6. The number of ether oxygens (including phenoxy) is 2. The molecule has 0 aromatic carbocycles. The Balaban J connectivity index is 5.07. The molecule has 0 atom stereocenters. The maximum Gasteiger partial charge on any atom is 0.338 e. The summed E-state index contributed by atoms with van der Waals surface area (Å²) in [7, 11) is 0. The lowest BCUT2D eigenvalue weighted by atomic mass is 9.85. The molecule has 0 unspecified atom stereocenters. The molecule has 0 spiro atoms. The second-order valence-electron chi connectivity index (χ2n) is 3.21. The van der Waals surface area contributed by atoms with Crippen molar-refractivity contribution >= 4 is 11.9 Å². The molecule has 5 nitrogen and oxygen atoms in total. The van der Waals surface area contributed by atoms with Gasteiger partial charge in [0.05, 0.1) is 19.3 Å². The number of nitriles is 1. The van der Waals surface area contributed by atoms with Crippen LogP contribution in [0.5, 0.6) is 0 Å².